The second kappa shape index (κ2) is 8.38. The van der Waals surface area contributed by atoms with Crippen LogP contribution in [0.15, 0.2) is 24.3 Å². The Morgan fingerprint density at radius 1 is 1.30 bits per heavy atom. The largest absolute Gasteiger partial charge is 0.486 e. The van der Waals surface area contributed by atoms with E-state index in [0.717, 1.165) is 24.5 Å². The Morgan fingerprint density at radius 3 is 2.74 bits per heavy atom. The maximum atomic E-state index is 11.9. The molecule has 0 aliphatic carbocycles. The summed E-state index contributed by atoms with van der Waals surface area (Å²) in [7, 11) is 1.47. The predicted molar refractivity (Wildman–Crippen MR) is 85.7 cm³/mol. The lowest BCUT2D eigenvalue weighted by Gasteiger charge is -2.30. The first-order valence-electron chi connectivity index (χ1n) is 7.74. The van der Waals surface area contributed by atoms with E-state index in [0.29, 0.717) is 13.2 Å². The zero-order valence-electron chi connectivity index (χ0n) is 13.5. The van der Waals surface area contributed by atoms with Gasteiger partial charge in [-0.05, 0) is 25.1 Å². The number of amides is 3. The number of ether oxygens (including phenoxy) is 2. The minimum Gasteiger partial charge on any atom is -0.486 e. The van der Waals surface area contributed by atoms with E-state index in [1.807, 2.05) is 36.1 Å². The molecule has 0 saturated heterocycles. The molecule has 1 atom stereocenters. The zero-order chi connectivity index (χ0) is 16.7. The highest BCUT2D eigenvalue weighted by atomic mass is 16.6. The molecule has 7 nitrogen and oxygen atoms in total. The molecule has 1 aliphatic rings. The first kappa shape index (κ1) is 17.1. The van der Waals surface area contributed by atoms with Crippen molar-refractivity contribution in [2.75, 3.05) is 33.3 Å². The molecule has 0 radical (unpaired) electrons. The molecule has 2 N–H and O–H groups in total. The standard InChI is InChI=1S/C16H23N3O4/c1-3-8-19(10-15(20)18-16(21)17-2)9-12-11-22-13-6-4-5-7-14(13)23-12/h4-7,12H,3,8-11H2,1-2H3,(H2,17,18,20,21)/t12-/m1/s1. The van der Waals surface area contributed by atoms with Crippen molar-refractivity contribution in [3.8, 4) is 11.5 Å². The highest BCUT2D eigenvalue weighted by Gasteiger charge is 2.24. The van der Waals surface area contributed by atoms with E-state index in [2.05, 4.69) is 10.6 Å². The van der Waals surface area contributed by atoms with E-state index in [-0.39, 0.29) is 18.6 Å². The number of hydrogen-bond donors (Lipinski definition) is 2. The molecule has 1 aliphatic heterocycles. The maximum absolute atomic E-state index is 11.9. The third-order valence-electron chi connectivity index (χ3n) is 3.42. The molecule has 1 aromatic carbocycles. The summed E-state index contributed by atoms with van der Waals surface area (Å²) in [5, 5.41) is 4.63. The molecule has 3 amide bonds. The summed E-state index contributed by atoms with van der Waals surface area (Å²) in [4.78, 5) is 25.0. The van der Waals surface area contributed by atoms with Crippen LogP contribution in [0.5, 0.6) is 11.5 Å². The van der Waals surface area contributed by atoms with Crippen LogP contribution in [0.25, 0.3) is 0 Å². The van der Waals surface area contributed by atoms with E-state index in [1.54, 1.807) is 0 Å². The fourth-order valence-corrected chi connectivity index (χ4v) is 2.42. The van der Waals surface area contributed by atoms with Gasteiger partial charge in [-0.2, -0.15) is 0 Å². The van der Waals surface area contributed by atoms with Gasteiger partial charge in [-0.1, -0.05) is 19.1 Å². The number of urea groups is 1. The number of hydrogen-bond acceptors (Lipinski definition) is 5. The normalized spacial score (nSPS) is 16.0. The lowest BCUT2D eigenvalue weighted by atomic mass is 10.2. The molecular formula is C16H23N3O4. The van der Waals surface area contributed by atoms with Gasteiger partial charge in [0.15, 0.2) is 11.5 Å². The van der Waals surface area contributed by atoms with Crippen molar-refractivity contribution in [3.05, 3.63) is 24.3 Å². The summed E-state index contributed by atoms with van der Waals surface area (Å²) >= 11 is 0. The molecule has 1 aromatic rings. The van der Waals surface area contributed by atoms with Crippen molar-refractivity contribution in [2.24, 2.45) is 0 Å². The molecule has 0 unspecified atom stereocenters. The van der Waals surface area contributed by atoms with E-state index in [9.17, 15) is 9.59 Å². The number of fused-ring (bicyclic) bond motifs is 1. The van der Waals surface area contributed by atoms with Gasteiger partial charge in [0.1, 0.15) is 12.7 Å². The third-order valence-corrected chi connectivity index (χ3v) is 3.42. The van der Waals surface area contributed by atoms with Crippen molar-refractivity contribution in [1.82, 2.24) is 15.5 Å². The topological polar surface area (TPSA) is 79.9 Å². The van der Waals surface area contributed by atoms with Gasteiger partial charge in [-0.25, -0.2) is 4.79 Å². The molecule has 0 fully saturated rings. The molecule has 126 valence electrons. The fraction of sp³-hybridized carbons (Fsp3) is 0.500. The average molecular weight is 321 g/mol. The monoisotopic (exact) mass is 321 g/mol. The molecule has 1 heterocycles. The summed E-state index contributed by atoms with van der Waals surface area (Å²) in [5.41, 5.74) is 0. The van der Waals surface area contributed by atoms with Gasteiger partial charge in [-0.3, -0.25) is 15.0 Å². The predicted octanol–water partition coefficient (Wildman–Crippen LogP) is 0.994. The zero-order valence-corrected chi connectivity index (χ0v) is 13.5. The quantitative estimate of drug-likeness (QED) is 0.817. The van der Waals surface area contributed by atoms with Crippen LogP contribution in [-0.2, 0) is 4.79 Å². The second-order valence-electron chi connectivity index (χ2n) is 5.36. The Hall–Kier alpha value is -2.28. The number of carbonyl (C=O) groups is 2. The smallest absolute Gasteiger partial charge is 0.321 e. The molecule has 23 heavy (non-hydrogen) atoms. The van der Waals surface area contributed by atoms with Crippen LogP contribution < -0.4 is 20.1 Å². The number of benzene rings is 1. The van der Waals surface area contributed by atoms with Gasteiger partial charge in [0, 0.05) is 13.6 Å². The number of carbonyl (C=O) groups excluding carboxylic acids is 2. The fourth-order valence-electron chi connectivity index (χ4n) is 2.42. The van der Waals surface area contributed by atoms with Crippen molar-refractivity contribution in [1.29, 1.82) is 0 Å². The number of nitrogens with zero attached hydrogens (tertiary/aromatic N) is 1. The summed E-state index contributed by atoms with van der Waals surface area (Å²) in [5.74, 6) is 1.12. The number of rotatable bonds is 6. The Morgan fingerprint density at radius 2 is 2.04 bits per heavy atom. The minimum absolute atomic E-state index is 0.142. The van der Waals surface area contributed by atoms with Crippen molar-refractivity contribution < 1.29 is 19.1 Å². The highest BCUT2D eigenvalue weighted by Crippen LogP contribution is 2.30. The first-order chi connectivity index (χ1) is 11.1. The van der Waals surface area contributed by atoms with Crippen LogP contribution in [0.1, 0.15) is 13.3 Å². The van der Waals surface area contributed by atoms with Gasteiger partial charge >= 0.3 is 6.03 Å². The Bertz CT molecular complexity index is 550. The Balaban J connectivity index is 1.89. The summed E-state index contributed by atoms with van der Waals surface area (Å²) < 4.78 is 11.6. The van der Waals surface area contributed by atoms with Gasteiger partial charge in [0.05, 0.1) is 6.54 Å². The number of para-hydroxylation sites is 2. The van der Waals surface area contributed by atoms with E-state index >= 15 is 0 Å². The maximum Gasteiger partial charge on any atom is 0.321 e. The van der Waals surface area contributed by atoms with Gasteiger partial charge < -0.3 is 14.8 Å². The highest BCUT2D eigenvalue weighted by molar-refractivity contribution is 5.95. The molecule has 0 spiro atoms. The molecule has 0 aromatic heterocycles. The van der Waals surface area contributed by atoms with Crippen LogP contribution in [0.2, 0.25) is 0 Å². The van der Waals surface area contributed by atoms with Crippen molar-refractivity contribution in [2.45, 2.75) is 19.4 Å². The van der Waals surface area contributed by atoms with Crippen molar-refractivity contribution in [3.63, 3.8) is 0 Å². The lowest BCUT2D eigenvalue weighted by molar-refractivity contribution is -0.121. The summed E-state index contributed by atoms with van der Waals surface area (Å²) in [6.07, 6.45) is 0.751. The molecule has 7 heteroatoms. The molecular weight excluding hydrogens is 298 g/mol. The van der Waals surface area contributed by atoms with Crippen LogP contribution in [0.3, 0.4) is 0 Å². The van der Waals surface area contributed by atoms with E-state index in [1.165, 1.54) is 7.05 Å². The third kappa shape index (κ3) is 5.14. The average Bonchev–Trinajstić information content (AvgIpc) is 2.54. The van der Waals surface area contributed by atoms with Gasteiger partial charge in [0.2, 0.25) is 5.91 Å². The van der Waals surface area contributed by atoms with Gasteiger partial charge in [0.25, 0.3) is 0 Å². The van der Waals surface area contributed by atoms with Crippen LogP contribution in [-0.4, -0.2) is 56.2 Å². The summed E-state index contributed by atoms with van der Waals surface area (Å²) in [6.45, 7) is 3.92. The molecule has 0 saturated carbocycles. The van der Waals surface area contributed by atoms with E-state index in [4.69, 9.17) is 9.47 Å². The van der Waals surface area contributed by atoms with Crippen LogP contribution in [0.4, 0.5) is 4.79 Å². The number of nitrogens with one attached hydrogen (secondary N) is 2. The van der Waals surface area contributed by atoms with Crippen LogP contribution >= 0.6 is 0 Å². The van der Waals surface area contributed by atoms with Crippen molar-refractivity contribution >= 4 is 11.9 Å². The van der Waals surface area contributed by atoms with E-state index < -0.39 is 6.03 Å². The Labute approximate surface area is 135 Å². The molecule has 0 bridgehead atoms. The Kier molecular flexibility index (Phi) is 6.22. The first-order valence-corrected chi connectivity index (χ1v) is 7.74. The lowest BCUT2D eigenvalue weighted by Crippen LogP contribution is -2.47. The number of imide groups is 1. The van der Waals surface area contributed by atoms with Crippen LogP contribution in [0, 0.1) is 0 Å². The SMILES string of the molecule is CCCN(CC(=O)NC(=O)NC)C[C@@H]1COc2ccccc2O1. The molecule has 2 rings (SSSR count). The minimum atomic E-state index is -0.502. The van der Waals surface area contributed by atoms with Gasteiger partial charge in [-0.15, -0.1) is 0 Å². The summed E-state index contributed by atoms with van der Waals surface area (Å²) in [6, 6.07) is 7.02. The second-order valence-corrected chi connectivity index (χ2v) is 5.36.